The summed E-state index contributed by atoms with van der Waals surface area (Å²) in [6.07, 6.45) is 0.953. The maximum Gasteiger partial charge on any atom is 0.253 e. The molecule has 1 heterocycles. The van der Waals surface area contributed by atoms with Gasteiger partial charge in [0.25, 0.3) is 11.8 Å². The van der Waals surface area contributed by atoms with Crippen molar-refractivity contribution in [2.45, 2.75) is 13.0 Å². The molecule has 2 amide bonds. The maximum absolute atomic E-state index is 12.7. The molecule has 0 aromatic heterocycles. The third-order valence-electron chi connectivity index (χ3n) is 4.63. The van der Waals surface area contributed by atoms with E-state index < -0.39 is 5.91 Å². The molecular weight excluding hydrogens is 330 g/mol. The fourth-order valence-corrected chi connectivity index (χ4v) is 3.14. The zero-order chi connectivity index (χ0) is 18.5. The number of likely N-dealkylation sites (tertiary alicyclic amines) is 1. The molecule has 1 aliphatic heterocycles. The molecule has 0 spiro atoms. The minimum absolute atomic E-state index is 0.0142. The zero-order valence-electron chi connectivity index (χ0n) is 14.6. The summed E-state index contributed by atoms with van der Waals surface area (Å²) in [7, 11) is 0. The molecule has 1 atom stereocenters. The van der Waals surface area contributed by atoms with Crippen LogP contribution in [0.5, 0.6) is 5.75 Å². The largest absolute Gasteiger partial charge is 0.488 e. The molecule has 1 saturated heterocycles. The zero-order valence-corrected chi connectivity index (χ0v) is 14.6. The number of benzene rings is 2. The van der Waals surface area contributed by atoms with Crippen molar-refractivity contribution in [3.05, 3.63) is 65.2 Å². The van der Waals surface area contributed by atoms with Crippen molar-refractivity contribution in [3.8, 4) is 5.75 Å². The highest BCUT2D eigenvalue weighted by Crippen LogP contribution is 2.21. The van der Waals surface area contributed by atoms with Crippen LogP contribution in [0.3, 0.4) is 0 Å². The third-order valence-corrected chi connectivity index (χ3v) is 4.63. The van der Waals surface area contributed by atoms with E-state index in [2.05, 4.69) is 0 Å². The Bertz CT molecular complexity index is 806. The van der Waals surface area contributed by atoms with Crippen LogP contribution in [0.2, 0.25) is 0 Å². The normalized spacial score (nSPS) is 16.5. The average molecular weight is 353 g/mol. The Balaban J connectivity index is 1.68. The molecule has 0 bridgehead atoms. The molecule has 6 nitrogen and oxygen atoms in total. The molecule has 0 radical (unpaired) electrons. The van der Waals surface area contributed by atoms with Crippen molar-refractivity contribution in [1.29, 1.82) is 0 Å². The number of nitrogens with two attached hydrogens (primary N) is 2. The number of hydrogen-bond acceptors (Lipinski definition) is 4. The van der Waals surface area contributed by atoms with Gasteiger partial charge in [-0.25, -0.2) is 0 Å². The number of rotatable bonds is 6. The lowest BCUT2D eigenvalue weighted by molar-refractivity contribution is 0.0787. The predicted octanol–water partition coefficient (Wildman–Crippen LogP) is 1.79. The summed E-state index contributed by atoms with van der Waals surface area (Å²) in [4.78, 5) is 26.0. The molecule has 0 aliphatic carbocycles. The van der Waals surface area contributed by atoms with Gasteiger partial charge in [-0.2, -0.15) is 0 Å². The van der Waals surface area contributed by atoms with Crippen LogP contribution in [0, 0.1) is 5.92 Å². The van der Waals surface area contributed by atoms with E-state index in [0.29, 0.717) is 35.9 Å². The quantitative estimate of drug-likeness (QED) is 0.827. The number of nitrogens with zero attached hydrogens (tertiary/aromatic N) is 1. The smallest absolute Gasteiger partial charge is 0.253 e. The Kier molecular flexibility index (Phi) is 5.53. The molecular formula is C20H23N3O3. The third kappa shape index (κ3) is 4.03. The highest BCUT2D eigenvalue weighted by molar-refractivity contribution is 5.95. The van der Waals surface area contributed by atoms with Gasteiger partial charge in [-0.05, 0) is 48.7 Å². The van der Waals surface area contributed by atoms with Gasteiger partial charge in [-0.1, -0.05) is 24.3 Å². The fraction of sp³-hybridized carbons (Fsp3) is 0.300. The van der Waals surface area contributed by atoms with Crippen molar-refractivity contribution < 1.29 is 14.3 Å². The molecule has 6 heteroatoms. The van der Waals surface area contributed by atoms with E-state index in [-0.39, 0.29) is 12.5 Å². The highest BCUT2D eigenvalue weighted by Gasteiger charge is 2.26. The second kappa shape index (κ2) is 8.01. The summed E-state index contributed by atoms with van der Waals surface area (Å²) in [5.41, 5.74) is 12.9. The molecule has 4 N–H and O–H groups in total. The minimum Gasteiger partial charge on any atom is -0.488 e. The van der Waals surface area contributed by atoms with E-state index in [0.717, 1.165) is 18.5 Å². The van der Waals surface area contributed by atoms with Crippen LogP contribution in [-0.4, -0.2) is 36.3 Å². The van der Waals surface area contributed by atoms with E-state index in [1.54, 1.807) is 30.3 Å². The van der Waals surface area contributed by atoms with Gasteiger partial charge >= 0.3 is 0 Å². The second-order valence-electron chi connectivity index (χ2n) is 6.49. The summed E-state index contributed by atoms with van der Waals surface area (Å²) in [6, 6.07) is 14.2. The van der Waals surface area contributed by atoms with Crippen LogP contribution >= 0.6 is 0 Å². The lowest BCUT2D eigenvalue weighted by Gasteiger charge is -2.17. The number of ether oxygens (including phenoxy) is 1. The number of hydrogen-bond donors (Lipinski definition) is 2. The Morgan fingerprint density at radius 1 is 1.15 bits per heavy atom. The molecule has 0 saturated carbocycles. The maximum atomic E-state index is 12.7. The van der Waals surface area contributed by atoms with Crippen LogP contribution < -0.4 is 16.2 Å². The molecule has 1 aliphatic rings. The van der Waals surface area contributed by atoms with Crippen molar-refractivity contribution in [2.75, 3.05) is 19.6 Å². The molecule has 1 fully saturated rings. The molecule has 136 valence electrons. The van der Waals surface area contributed by atoms with Crippen LogP contribution in [0.25, 0.3) is 0 Å². The number of carbonyl (C=O) groups is 2. The fourth-order valence-electron chi connectivity index (χ4n) is 3.14. The molecule has 2 aromatic carbocycles. The van der Waals surface area contributed by atoms with Crippen molar-refractivity contribution >= 4 is 11.8 Å². The minimum atomic E-state index is -0.534. The molecule has 0 unspecified atom stereocenters. The van der Waals surface area contributed by atoms with Gasteiger partial charge in [-0.15, -0.1) is 0 Å². The number of amides is 2. The van der Waals surface area contributed by atoms with Gasteiger partial charge in [0.1, 0.15) is 12.4 Å². The van der Waals surface area contributed by atoms with E-state index in [9.17, 15) is 9.59 Å². The number of carbonyl (C=O) groups excluding carboxylic acids is 2. The van der Waals surface area contributed by atoms with Gasteiger partial charge in [0.2, 0.25) is 0 Å². The van der Waals surface area contributed by atoms with E-state index in [1.165, 1.54) is 0 Å². The molecule has 2 aromatic rings. The van der Waals surface area contributed by atoms with Gasteiger partial charge in [0.05, 0.1) is 5.56 Å². The molecule has 3 rings (SSSR count). The summed E-state index contributed by atoms with van der Waals surface area (Å²) in [5.74, 6) is 0.297. The first-order valence-corrected chi connectivity index (χ1v) is 8.68. The SMILES string of the molecule is NC[C@@H]1CCN(C(=O)c2cccc(COc3ccccc3C(N)=O)c2)C1. The van der Waals surface area contributed by atoms with E-state index in [1.807, 2.05) is 23.1 Å². The first-order valence-electron chi connectivity index (χ1n) is 8.68. The lowest BCUT2D eigenvalue weighted by Crippen LogP contribution is -2.29. The monoisotopic (exact) mass is 353 g/mol. The Labute approximate surface area is 152 Å². The van der Waals surface area contributed by atoms with Gasteiger partial charge < -0.3 is 21.1 Å². The average Bonchev–Trinajstić information content (AvgIpc) is 3.15. The second-order valence-corrected chi connectivity index (χ2v) is 6.49. The van der Waals surface area contributed by atoms with Gasteiger partial charge in [0.15, 0.2) is 0 Å². The lowest BCUT2D eigenvalue weighted by atomic mass is 10.1. The van der Waals surface area contributed by atoms with Gasteiger partial charge in [0, 0.05) is 18.7 Å². The predicted molar refractivity (Wildman–Crippen MR) is 98.8 cm³/mol. The Hall–Kier alpha value is -2.86. The van der Waals surface area contributed by atoms with E-state index in [4.69, 9.17) is 16.2 Å². The standard InChI is InChI=1S/C20H23N3O3/c21-11-15-8-9-23(12-15)20(25)16-5-3-4-14(10-16)13-26-18-7-2-1-6-17(18)19(22)24/h1-7,10,15H,8-9,11-13,21H2,(H2,22,24)/t15-/m0/s1. The van der Waals surface area contributed by atoms with E-state index >= 15 is 0 Å². The van der Waals surface area contributed by atoms with Gasteiger partial charge in [-0.3, -0.25) is 9.59 Å². The summed E-state index contributed by atoms with van der Waals surface area (Å²) >= 11 is 0. The first kappa shape index (κ1) is 17.9. The van der Waals surface area contributed by atoms with Crippen molar-refractivity contribution in [1.82, 2.24) is 4.90 Å². The van der Waals surface area contributed by atoms with Crippen LogP contribution in [0.1, 0.15) is 32.7 Å². The summed E-state index contributed by atoms with van der Waals surface area (Å²) < 4.78 is 5.74. The summed E-state index contributed by atoms with van der Waals surface area (Å²) in [6.45, 7) is 2.31. The van der Waals surface area contributed by atoms with Crippen LogP contribution in [-0.2, 0) is 6.61 Å². The number of primary amides is 1. The highest BCUT2D eigenvalue weighted by atomic mass is 16.5. The Morgan fingerprint density at radius 3 is 2.69 bits per heavy atom. The van der Waals surface area contributed by atoms with Crippen molar-refractivity contribution in [3.63, 3.8) is 0 Å². The van der Waals surface area contributed by atoms with Crippen LogP contribution in [0.15, 0.2) is 48.5 Å². The topological polar surface area (TPSA) is 98.7 Å². The van der Waals surface area contributed by atoms with Crippen molar-refractivity contribution in [2.24, 2.45) is 17.4 Å². The Morgan fingerprint density at radius 2 is 1.96 bits per heavy atom. The number of para-hydroxylation sites is 1. The first-order chi connectivity index (χ1) is 12.6. The van der Waals surface area contributed by atoms with Crippen LogP contribution in [0.4, 0.5) is 0 Å². The molecule has 26 heavy (non-hydrogen) atoms. The summed E-state index contributed by atoms with van der Waals surface area (Å²) in [5, 5.41) is 0.